The number of amides is 1. The summed E-state index contributed by atoms with van der Waals surface area (Å²) in [7, 11) is 2.23. The molecule has 3 atom stereocenters. The summed E-state index contributed by atoms with van der Waals surface area (Å²) < 4.78 is 1.99. The summed E-state index contributed by atoms with van der Waals surface area (Å²) in [5, 5.41) is 3.28. The summed E-state index contributed by atoms with van der Waals surface area (Å²) in [5.74, 6) is 0.0586. The number of hydrogen-bond acceptors (Lipinski definition) is 2. The zero-order chi connectivity index (χ0) is 15.3. The van der Waals surface area contributed by atoms with E-state index in [0.29, 0.717) is 18.1 Å². The van der Waals surface area contributed by atoms with Crippen LogP contribution in [-0.2, 0) is 0 Å². The predicted molar refractivity (Wildman–Crippen MR) is 87.2 cm³/mol. The van der Waals surface area contributed by atoms with Crippen LogP contribution in [0.25, 0.3) is 5.52 Å². The van der Waals surface area contributed by atoms with E-state index in [4.69, 9.17) is 0 Å². The topological polar surface area (TPSA) is 36.8 Å². The first-order valence-corrected chi connectivity index (χ1v) is 8.23. The highest BCUT2D eigenvalue weighted by Gasteiger charge is 2.38. The fourth-order valence-corrected chi connectivity index (χ4v) is 4.29. The zero-order valence-electron chi connectivity index (χ0n) is 13.2. The van der Waals surface area contributed by atoms with Crippen molar-refractivity contribution in [2.24, 2.45) is 0 Å². The van der Waals surface area contributed by atoms with E-state index in [9.17, 15) is 4.79 Å². The van der Waals surface area contributed by atoms with E-state index in [1.807, 2.05) is 28.8 Å². The standard InChI is InChI=1S/C18H23N3O/c1-12-9-17(21-8-4-3-5-16(12)21)18(22)19-13-10-14-6-7-15(11-13)20(14)2/h3-5,8-9,13-15H,6-7,10-11H2,1-2H3,(H,19,22)/t13?,14-,15+. The van der Waals surface area contributed by atoms with Crippen LogP contribution in [-0.4, -0.2) is 40.4 Å². The molecule has 2 saturated heterocycles. The second-order valence-corrected chi connectivity index (χ2v) is 6.86. The van der Waals surface area contributed by atoms with Crippen LogP contribution in [0, 0.1) is 6.92 Å². The van der Waals surface area contributed by atoms with Crippen molar-refractivity contribution in [1.29, 1.82) is 0 Å². The van der Waals surface area contributed by atoms with Gasteiger partial charge in [-0.3, -0.25) is 4.79 Å². The number of nitrogens with zero attached hydrogens (tertiary/aromatic N) is 2. The molecule has 2 aromatic heterocycles. The number of carbonyl (C=O) groups is 1. The molecule has 2 aromatic rings. The van der Waals surface area contributed by atoms with Crippen LogP contribution < -0.4 is 5.32 Å². The van der Waals surface area contributed by atoms with Gasteiger partial charge in [0.1, 0.15) is 5.69 Å². The molecule has 2 bridgehead atoms. The molecule has 4 nitrogen and oxygen atoms in total. The van der Waals surface area contributed by atoms with Crippen molar-refractivity contribution in [3.63, 3.8) is 0 Å². The van der Waals surface area contributed by atoms with Crippen molar-refractivity contribution in [2.75, 3.05) is 7.05 Å². The maximum atomic E-state index is 12.7. The molecule has 22 heavy (non-hydrogen) atoms. The summed E-state index contributed by atoms with van der Waals surface area (Å²) >= 11 is 0. The number of aromatic nitrogens is 1. The number of fused-ring (bicyclic) bond motifs is 3. The van der Waals surface area contributed by atoms with E-state index in [1.54, 1.807) is 0 Å². The number of nitrogens with one attached hydrogen (secondary N) is 1. The average molecular weight is 297 g/mol. The molecule has 2 aliphatic rings. The minimum Gasteiger partial charge on any atom is -0.348 e. The van der Waals surface area contributed by atoms with E-state index in [-0.39, 0.29) is 5.91 Å². The molecule has 1 unspecified atom stereocenters. The number of rotatable bonds is 2. The van der Waals surface area contributed by atoms with Gasteiger partial charge in [-0.1, -0.05) is 6.07 Å². The van der Waals surface area contributed by atoms with Crippen LogP contribution >= 0.6 is 0 Å². The van der Waals surface area contributed by atoms with Crippen molar-refractivity contribution >= 4 is 11.4 Å². The Labute approximate surface area is 131 Å². The first-order chi connectivity index (χ1) is 10.6. The second-order valence-electron chi connectivity index (χ2n) is 6.86. The van der Waals surface area contributed by atoms with Crippen molar-refractivity contribution in [3.8, 4) is 0 Å². The Hall–Kier alpha value is -1.81. The molecule has 0 spiro atoms. The summed E-state index contributed by atoms with van der Waals surface area (Å²) in [6.07, 6.45) is 6.69. The van der Waals surface area contributed by atoms with Gasteiger partial charge >= 0.3 is 0 Å². The minimum absolute atomic E-state index is 0.0586. The maximum absolute atomic E-state index is 12.7. The summed E-state index contributed by atoms with van der Waals surface area (Å²) in [6, 6.07) is 9.65. The average Bonchev–Trinajstić information content (AvgIpc) is 2.93. The third-order valence-corrected chi connectivity index (χ3v) is 5.54. The molecular formula is C18H23N3O. The normalized spacial score (nSPS) is 28.2. The second kappa shape index (κ2) is 5.13. The number of pyridine rings is 1. The van der Waals surface area contributed by atoms with Crippen molar-refractivity contribution < 1.29 is 4.79 Å². The molecular weight excluding hydrogens is 274 g/mol. The Morgan fingerprint density at radius 2 is 1.95 bits per heavy atom. The molecule has 116 valence electrons. The van der Waals surface area contributed by atoms with Gasteiger partial charge in [-0.2, -0.15) is 0 Å². The molecule has 0 aromatic carbocycles. The summed E-state index contributed by atoms with van der Waals surface area (Å²) in [4.78, 5) is 15.2. The van der Waals surface area contributed by atoms with Crippen LogP contribution in [0.15, 0.2) is 30.5 Å². The first kappa shape index (κ1) is 13.8. The quantitative estimate of drug-likeness (QED) is 0.925. The van der Waals surface area contributed by atoms with E-state index in [1.165, 1.54) is 12.8 Å². The van der Waals surface area contributed by atoms with Crippen LogP contribution in [0.4, 0.5) is 0 Å². The Kier molecular flexibility index (Phi) is 3.22. The Bertz CT molecular complexity index is 706. The van der Waals surface area contributed by atoms with Gasteiger partial charge in [-0.15, -0.1) is 0 Å². The molecule has 4 heteroatoms. The number of piperidine rings is 1. The van der Waals surface area contributed by atoms with E-state index in [2.05, 4.69) is 30.3 Å². The number of carbonyl (C=O) groups excluding carboxylic acids is 1. The molecule has 0 aliphatic carbocycles. The van der Waals surface area contributed by atoms with Gasteiger partial charge in [-0.05, 0) is 63.4 Å². The van der Waals surface area contributed by atoms with Crippen LogP contribution in [0.1, 0.15) is 41.7 Å². The molecule has 1 N–H and O–H groups in total. The van der Waals surface area contributed by atoms with Crippen molar-refractivity contribution in [2.45, 2.75) is 50.7 Å². The predicted octanol–water partition coefficient (Wildman–Crippen LogP) is 2.60. The molecule has 0 radical (unpaired) electrons. The summed E-state index contributed by atoms with van der Waals surface area (Å²) in [5.41, 5.74) is 3.00. The highest BCUT2D eigenvalue weighted by atomic mass is 16.2. The molecule has 0 saturated carbocycles. The van der Waals surface area contributed by atoms with Gasteiger partial charge in [0, 0.05) is 29.8 Å². The smallest absolute Gasteiger partial charge is 0.268 e. The van der Waals surface area contributed by atoms with Gasteiger partial charge in [-0.25, -0.2) is 0 Å². The number of hydrogen-bond donors (Lipinski definition) is 1. The molecule has 2 fully saturated rings. The van der Waals surface area contributed by atoms with Crippen molar-refractivity contribution in [3.05, 3.63) is 41.7 Å². The molecule has 4 rings (SSSR count). The van der Waals surface area contributed by atoms with E-state index in [0.717, 1.165) is 29.6 Å². The highest BCUT2D eigenvalue weighted by Crippen LogP contribution is 2.34. The monoisotopic (exact) mass is 297 g/mol. The maximum Gasteiger partial charge on any atom is 0.268 e. The van der Waals surface area contributed by atoms with Gasteiger partial charge in [0.2, 0.25) is 0 Å². The van der Waals surface area contributed by atoms with Crippen molar-refractivity contribution in [1.82, 2.24) is 14.6 Å². The molecule has 4 heterocycles. The van der Waals surface area contributed by atoms with Crippen LogP contribution in [0.2, 0.25) is 0 Å². The SMILES string of the molecule is Cc1cc(C(=O)NC2C[C@H]3CC[C@@H](C2)N3C)n2ccccc12. The Morgan fingerprint density at radius 3 is 2.68 bits per heavy atom. The molecule has 2 aliphatic heterocycles. The van der Waals surface area contributed by atoms with Gasteiger partial charge in [0.15, 0.2) is 0 Å². The Morgan fingerprint density at radius 1 is 1.23 bits per heavy atom. The largest absolute Gasteiger partial charge is 0.348 e. The lowest BCUT2D eigenvalue weighted by Gasteiger charge is -2.36. The van der Waals surface area contributed by atoms with Gasteiger partial charge in [0.05, 0.1) is 0 Å². The third-order valence-electron chi connectivity index (χ3n) is 5.54. The highest BCUT2D eigenvalue weighted by molar-refractivity contribution is 5.94. The number of aryl methyl sites for hydroxylation is 1. The minimum atomic E-state index is 0.0586. The van der Waals surface area contributed by atoms with Gasteiger partial charge in [0.25, 0.3) is 5.91 Å². The van der Waals surface area contributed by atoms with Crippen LogP contribution in [0.3, 0.4) is 0 Å². The zero-order valence-corrected chi connectivity index (χ0v) is 13.2. The molecule has 1 amide bonds. The van der Waals surface area contributed by atoms with Gasteiger partial charge < -0.3 is 14.6 Å². The lowest BCUT2D eigenvalue weighted by atomic mass is 9.98. The fourth-order valence-electron chi connectivity index (χ4n) is 4.29. The van der Waals surface area contributed by atoms with E-state index < -0.39 is 0 Å². The lowest BCUT2D eigenvalue weighted by Crippen LogP contribution is -2.48. The Balaban J connectivity index is 1.55. The van der Waals surface area contributed by atoms with Crippen LogP contribution in [0.5, 0.6) is 0 Å². The van der Waals surface area contributed by atoms with E-state index >= 15 is 0 Å². The lowest BCUT2D eigenvalue weighted by molar-refractivity contribution is 0.0877. The summed E-state index contributed by atoms with van der Waals surface area (Å²) in [6.45, 7) is 2.06. The first-order valence-electron chi connectivity index (χ1n) is 8.23. The fraction of sp³-hybridized carbons (Fsp3) is 0.500. The third kappa shape index (κ3) is 2.13.